The number of nitrogens with zero attached hydrogens (tertiary/aromatic N) is 3. The van der Waals surface area contributed by atoms with Gasteiger partial charge in [-0.3, -0.25) is 4.79 Å². The molecule has 0 radical (unpaired) electrons. The number of hydrogen-bond acceptors (Lipinski definition) is 4. The first-order chi connectivity index (χ1) is 13.6. The van der Waals surface area contributed by atoms with Crippen molar-refractivity contribution in [1.29, 1.82) is 0 Å². The van der Waals surface area contributed by atoms with Crippen molar-refractivity contribution in [2.75, 3.05) is 51.1 Å². The molecular formula is C20H33FN4O3S. The zero-order valence-corrected chi connectivity index (χ0v) is 18.6. The fourth-order valence-electron chi connectivity index (χ4n) is 3.83. The Morgan fingerprint density at radius 2 is 1.83 bits per heavy atom. The van der Waals surface area contributed by atoms with E-state index in [0.29, 0.717) is 18.4 Å². The molecule has 1 aliphatic rings. The van der Waals surface area contributed by atoms with Gasteiger partial charge in [0.1, 0.15) is 12.4 Å². The Morgan fingerprint density at radius 3 is 2.41 bits per heavy atom. The topological polar surface area (TPSA) is 73.0 Å². The van der Waals surface area contributed by atoms with Crippen LogP contribution in [0, 0.1) is 17.7 Å². The standard InChI is InChI=1S/C20H33FN4O3S/c1-16-12-17(2)14-24(13-16)11-7-10-22-20(26)15-25(29(27,28)23(3)4)19-9-6-5-8-18(19)21/h5-6,8-9,16-17H,7,10-15H2,1-4H3,(H,22,26)/t16-,17-/m1/s1. The van der Waals surface area contributed by atoms with E-state index in [1.807, 2.05) is 0 Å². The Kier molecular flexibility index (Phi) is 8.42. The number of carbonyl (C=O) groups excluding carboxylic acids is 1. The number of hydrogen-bond donors (Lipinski definition) is 1. The van der Waals surface area contributed by atoms with E-state index in [2.05, 4.69) is 24.1 Å². The van der Waals surface area contributed by atoms with E-state index in [1.54, 1.807) is 0 Å². The number of piperidine rings is 1. The monoisotopic (exact) mass is 428 g/mol. The molecule has 2 atom stereocenters. The normalized spacial score (nSPS) is 20.6. The van der Waals surface area contributed by atoms with Gasteiger partial charge in [0.15, 0.2) is 0 Å². The Morgan fingerprint density at radius 1 is 1.21 bits per heavy atom. The van der Waals surface area contributed by atoms with Crippen LogP contribution in [0.1, 0.15) is 26.7 Å². The molecule has 1 amide bonds. The molecule has 1 aromatic rings. The van der Waals surface area contributed by atoms with Crippen molar-refractivity contribution in [3.63, 3.8) is 0 Å². The molecule has 164 valence electrons. The lowest BCUT2D eigenvalue weighted by molar-refractivity contribution is -0.119. The third kappa shape index (κ3) is 6.65. The highest BCUT2D eigenvalue weighted by atomic mass is 32.2. The molecule has 0 spiro atoms. The first-order valence-electron chi connectivity index (χ1n) is 10.0. The Labute approximate surface area is 174 Å². The molecule has 1 N–H and O–H groups in total. The molecule has 0 saturated carbocycles. The van der Waals surface area contributed by atoms with Gasteiger partial charge >= 0.3 is 10.2 Å². The number of halogens is 1. The minimum absolute atomic E-state index is 0.146. The van der Waals surface area contributed by atoms with Crippen LogP contribution in [0.2, 0.25) is 0 Å². The number of benzene rings is 1. The summed E-state index contributed by atoms with van der Waals surface area (Å²) in [6, 6.07) is 5.53. The van der Waals surface area contributed by atoms with Crippen LogP contribution in [-0.2, 0) is 15.0 Å². The van der Waals surface area contributed by atoms with Crippen LogP contribution in [0.25, 0.3) is 0 Å². The second-order valence-electron chi connectivity index (χ2n) is 8.16. The number of amides is 1. The van der Waals surface area contributed by atoms with Gasteiger partial charge in [0.2, 0.25) is 5.91 Å². The number of likely N-dealkylation sites (tertiary alicyclic amines) is 1. The minimum Gasteiger partial charge on any atom is -0.354 e. The van der Waals surface area contributed by atoms with Crippen molar-refractivity contribution in [2.45, 2.75) is 26.7 Å². The van der Waals surface area contributed by atoms with Crippen molar-refractivity contribution in [3.8, 4) is 0 Å². The molecule has 1 aromatic carbocycles. The summed E-state index contributed by atoms with van der Waals surface area (Å²) in [5.74, 6) is 0.205. The van der Waals surface area contributed by atoms with E-state index in [9.17, 15) is 17.6 Å². The fraction of sp³-hybridized carbons (Fsp3) is 0.650. The summed E-state index contributed by atoms with van der Waals surface area (Å²) in [4.78, 5) is 14.8. The summed E-state index contributed by atoms with van der Waals surface area (Å²) >= 11 is 0. The molecule has 0 bridgehead atoms. The van der Waals surface area contributed by atoms with Crippen molar-refractivity contribution < 1.29 is 17.6 Å². The second-order valence-corrected chi connectivity index (χ2v) is 10.2. The molecule has 7 nitrogen and oxygen atoms in total. The van der Waals surface area contributed by atoms with Gasteiger partial charge in [0, 0.05) is 33.7 Å². The van der Waals surface area contributed by atoms with E-state index in [4.69, 9.17) is 0 Å². The summed E-state index contributed by atoms with van der Waals surface area (Å²) in [6.07, 6.45) is 2.03. The van der Waals surface area contributed by atoms with Gasteiger partial charge in [-0.2, -0.15) is 12.7 Å². The van der Waals surface area contributed by atoms with E-state index in [1.165, 1.54) is 44.8 Å². The zero-order valence-electron chi connectivity index (χ0n) is 17.8. The SMILES string of the molecule is C[C@@H]1C[C@@H](C)CN(CCCNC(=O)CN(c2ccccc2F)S(=O)(=O)N(C)C)C1. The van der Waals surface area contributed by atoms with Gasteiger partial charge in [-0.15, -0.1) is 0 Å². The van der Waals surface area contributed by atoms with E-state index in [-0.39, 0.29) is 5.69 Å². The van der Waals surface area contributed by atoms with Gasteiger partial charge in [0.05, 0.1) is 5.69 Å². The van der Waals surface area contributed by atoms with Gasteiger partial charge in [-0.05, 0) is 43.4 Å². The van der Waals surface area contributed by atoms with Crippen LogP contribution in [0.5, 0.6) is 0 Å². The summed E-state index contributed by atoms with van der Waals surface area (Å²) in [7, 11) is -1.31. The van der Waals surface area contributed by atoms with Gasteiger partial charge in [-0.25, -0.2) is 8.70 Å². The summed E-state index contributed by atoms with van der Waals surface area (Å²) in [5, 5.41) is 2.76. The second kappa shape index (κ2) is 10.4. The molecule has 0 aliphatic carbocycles. The molecule has 1 fully saturated rings. The molecule has 1 heterocycles. The van der Waals surface area contributed by atoms with Crippen molar-refractivity contribution >= 4 is 21.8 Å². The third-order valence-corrected chi connectivity index (χ3v) is 6.87. The Balaban J connectivity index is 1.92. The maximum absolute atomic E-state index is 14.2. The van der Waals surface area contributed by atoms with Crippen molar-refractivity contribution in [2.24, 2.45) is 11.8 Å². The predicted octanol–water partition coefficient (Wildman–Crippen LogP) is 1.92. The average molecular weight is 429 g/mol. The molecule has 1 saturated heterocycles. The lowest BCUT2D eigenvalue weighted by Crippen LogP contribution is -2.46. The van der Waals surface area contributed by atoms with Crippen LogP contribution in [-0.4, -0.2) is 70.3 Å². The number of rotatable bonds is 9. The molecule has 0 aromatic heterocycles. The third-order valence-electron chi connectivity index (χ3n) is 5.07. The summed E-state index contributed by atoms with van der Waals surface area (Å²) < 4.78 is 41.2. The maximum Gasteiger partial charge on any atom is 0.304 e. The minimum atomic E-state index is -4.01. The van der Waals surface area contributed by atoms with E-state index >= 15 is 0 Å². The van der Waals surface area contributed by atoms with Gasteiger partial charge < -0.3 is 10.2 Å². The van der Waals surface area contributed by atoms with Crippen LogP contribution in [0.3, 0.4) is 0 Å². The average Bonchev–Trinajstić information content (AvgIpc) is 2.63. The van der Waals surface area contributed by atoms with Crippen molar-refractivity contribution in [1.82, 2.24) is 14.5 Å². The van der Waals surface area contributed by atoms with Crippen LogP contribution in [0.4, 0.5) is 10.1 Å². The predicted molar refractivity (Wildman–Crippen MR) is 113 cm³/mol. The highest BCUT2D eigenvalue weighted by molar-refractivity contribution is 7.90. The van der Waals surface area contributed by atoms with Crippen LogP contribution >= 0.6 is 0 Å². The van der Waals surface area contributed by atoms with Gasteiger partial charge in [0.25, 0.3) is 0 Å². The maximum atomic E-state index is 14.2. The molecular weight excluding hydrogens is 395 g/mol. The number of anilines is 1. The number of nitrogens with one attached hydrogen (secondary N) is 1. The Hall–Kier alpha value is -1.71. The van der Waals surface area contributed by atoms with Crippen molar-refractivity contribution in [3.05, 3.63) is 30.1 Å². The lowest BCUT2D eigenvalue weighted by Gasteiger charge is -2.35. The fourth-order valence-corrected chi connectivity index (χ4v) is 4.90. The molecule has 2 rings (SSSR count). The van der Waals surface area contributed by atoms with E-state index in [0.717, 1.165) is 34.7 Å². The van der Waals surface area contributed by atoms with Gasteiger partial charge in [-0.1, -0.05) is 26.0 Å². The Bertz CT molecular complexity index is 778. The van der Waals surface area contributed by atoms with E-state index < -0.39 is 28.5 Å². The highest BCUT2D eigenvalue weighted by Gasteiger charge is 2.29. The number of para-hydroxylation sites is 1. The zero-order chi connectivity index (χ0) is 21.6. The van der Waals surface area contributed by atoms with Crippen LogP contribution < -0.4 is 9.62 Å². The summed E-state index contributed by atoms with van der Waals surface area (Å²) in [5.41, 5.74) is -0.146. The largest absolute Gasteiger partial charge is 0.354 e. The highest BCUT2D eigenvalue weighted by Crippen LogP contribution is 2.23. The lowest BCUT2D eigenvalue weighted by atomic mass is 9.92. The van der Waals surface area contributed by atoms with Crippen LogP contribution in [0.15, 0.2) is 24.3 Å². The summed E-state index contributed by atoms with van der Waals surface area (Å²) in [6.45, 7) is 7.52. The quantitative estimate of drug-likeness (QED) is 0.610. The molecule has 0 unspecified atom stereocenters. The first-order valence-corrected chi connectivity index (χ1v) is 11.4. The first kappa shape index (κ1) is 23.6. The molecule has 1 aliphatic heterocycles. The smallest absolute Gasteiger partial charge is 0.304 e. The number of carbonyl (C=O) groups is 1. The molecule has 29 heavy (non-hydrogen) atoms. The molecule has 9 heteroatoms.